The third kappa shape index (κ3) is 3.61. The molecule has 0 heterocycles. The van der Waals surface area contributed by atoms with Crippen LogP contribution >= 0.6 is 11.8 Å². The first-order valence-corrected chi connectivity index (χ1v) is 7.56. The van der Waals surface area contributed by atoms with Crippen molar-refractivity contribution in [3.63, 3.8) is 0 Å². The van der Waals surface area contributed by atoms with Crippen molar-refractivity contribution in [3.05, 3.63) is 35.4 Å². The lowest BCUT2D eigenvalue weighted by molar-refractivity contribution is 0.102. The molecule has 1 aromatic carbocycles. The van der Waals surface area contributed by atoms with Crippen LogP contribution in [0.2, 0.25) is 0 Å². The van der Waals surface area contributed by atoms with Gasteiger partial charge in [0.05, 0.1) is 17.4 Å². The zero-order valence-electron chi connectivity index (χ0n) is 10.4. The van der Waals surface area contributed by atoms with Crippen molar-refractivity contribution in [3.8, 4) is 6.07 Å². The minimum Gasteiger partial charge on any atom is -0.293 e. The predicted octanol–water partition coefficient (Wildman–Crippen LogP) is 3.66. The van der Waals surface area contributed by atoms with E-state index in [1.54, 1.807) is 36.0 Å². The Morgan fingerprint density at radius 1 is 1.28 bits per heavy atom. The van der Waals surface area contributed by atoms with Crippen LogP contribution in [0.3, 0.4) is 0 Å². The number of carbonyl (C=O) groups excluding carboxylic acids is 1. The summed E-state index contributed by atoms with van der Waals surface area (Å²) in [7, 11) is 0. The van der Waals surface area contributed by atoms with E-state index in [0.717, 1.165) is 11.7 Å². The molecule has 0 spiro atoms. The first-order chi connectivity index (χ1) is 8.79. The van der Waals surface area contributed by atoms with Gasteiger partial charge in [-0.25, -0.2) is 0 Å². The SMILES string of the molecule is N#Cc1ccc(C(=O)CSCC2CCCC2)cc1. The Labute approximate surface area is 112 Å². The summed E-state index contributed by atoms with van der Waals surface area (Å²) in [6.07, 6.45) is 5.37. The normalized spacial score (nSPS) is 15.5. The van der Waals surface area contributed by atoms with E-state index in [2.05, 4.69) is 6.07 Å². The van der Waals surface area contributed by atoms with Crippen molar-refractivity contribution in [1.82, 2.24) is 0 Å². The number of Topliss-reactive ketones (excluding diaryl/α,β-unsaturated/α-hetero) is 1. The Kier molecular flexibility index (Phi) is 4.83. The second kappa shape index (κ2) is 6.61. The quantitative estimate of drug-likeness (QED) is 0.758. The van der Waals surface area contributed by atoms with E-state index in [-0.39, 0.29) is 5.78 Å². The van der Waals surface area contributed by atoms with Crippen LogP contribution in [0.25, 0.3) is 0 Å². The van der Waals surface area contributed by atoms with E-state index in [0.29, 0.717) is 16.9 Å². The highest BCUT2D eigenvalue weighted by molar-refractivity contribution is 7.99. The molecule has 0 amide bonds. The molecule has 1 aliphatic carbocycles. The summed E-state index contributed by atoms with van der Waals surface area (Å²) >= 11 is 1.75. The van der Waals surface area contributed by atoms with Gasteiger partial charge >= 0.3 is 0 Å². The fourth-order valence-electron chi connectivity index (χ4n) is 2.31. The summed E-state index contributed by atoms with van der Waals surface area (Å²) < 4.78 is 0. The van der Waals surface area contributed by atoms with Crippen LogP contribution in [-0.2, 0) is 0 Å². The van der Waals surface area contributed by atoms with Crippen LogP contribution in [-0.4, -0.2) is 17.3 Å². The minimum absolute atomic E-state index is 0.169. The Morgan fingerprint density at radius 2 is 1.94 bits per heavy atom. The number of carbonyl (C=O) groups is 1. The Morgan fingerprint density at radius 3 is 2.56 bits per heavy atom. The van der Waals surface area contributed by atoms with Crippen LogP contribution in [0.4, 0.5) is 0 Å². The topological polar surface area (TPSA) is 40.9 Å². The number of nitriles is 1. The van der Waals surface area contributed by atoms with Crippen LogP contribution < -0.4 is 0 Å². The number of hydrogen-bond donors (Lipinski definition) is 0. The summed E-state index contributed by atoms with van der Waals surface area (Å²) in [6, 6.07) is 8.96. The Balaban J connectivity index is 1.78. The van der Waals surface area contributed by atoms with Gasteiger partial charge in [-0.3, -0.25) is 4.79 Å². The lowest BCUT2D eigenvalue weighted by atomic mass is 10.1. The number of rotatable bonds is 5. The average molecular weight is 259 g/mol. The molecule has 0 bridgehead atoms. The number of nitrogens with zero attached hydrogens (tertiary/aromatic N) is 1. The molecule has 0 aromatic heterocycles. The summed E-state index contributed by atoms with van der Waals surface area (Å²) in [6.45, 7) is 0. The highest BCUT2D eigenvalue weighted by Gasteiger charge is 2.15. The molecular weight excluding hydrogens is 242 g/mol. The second-order valence-electron chi connectivity index (χ2n) is 4.78. The maximum Gasteiger partial charge on any atom is 0.172 e. The van der Waals surface area contributed by atoms with Crippen LogP contribution in [0, 0.1) is 17.2 Å². The standard InChI is InChI=1S/C15H17NOS/c16-9-12-5-7-14(8-6-12)15(17)11-18-10-13-3-1-2-4-13/h5-8,13H,1-4,10-11H2. The average Bonchev–Trinajstić information content (AvgIpc) is 2.92. The zero-order valence-corrected chi connectivity index (χ0v) is 11.2. The highest BCUT2D eigenvalue weighted by atomic mass is 32.2. The Hall–Kier alpha value is -1.27. The van der Waals surface area contributed by atoms with Gasteiger partial charge in [-0.2, -0.15) is 17.0 Å². The molecule has 2 rings (SSSR count). The van der Waals surface area contributed by atoms with Crippen molar-refractivity contribution < 1.29 is 4.79 Å². The van der Waals surface area contributed by atoms with E-state index in [4.69, 9.17) is 5.26 Å². The van der Waals surface area contributed by atoms with Gasteiger partial charge in [0, 0.05) is 5.56 Å². The number of benzene rings is 1. The van der Waals surface area contributed by atoms with Gasteiger partial charge in [-0.05, 0) is 36.6 Å². The lowest BCUT2D eigenvalue weighted by Crippen LogP contribution is -2.05. The molecule has 18 heavy (non-hydrogen) atoms. The minimum atomic E-state index is 0.169. The fraction of sp³-hybridized carbons (Fsp3) is 0.467. The molecule has 1 aromatic rings. The highest BCUT2D eigenvalue weighted by Crippen LogP contribution is 2.28. The van der Waals surface area contributed by atoms with E-state index in [9.17, 15) is 4.79 Å². The summed E-state index contributed by atoms with van der Waals surface area (Å²) in [5, 5.41) is 8.69. The van der Waals surface area contributed by atoms with E-state index in [1.807, 2.05) is 0 Å². The maximum atomic E-state index is 11.9. The van der Waals surface area contributed by atoms with Gasteiger partial charge in [0.2, 0.25) is 0 Å². The smallest absolute Gasteiger partial charge is 0.172 e. The van der Waals surface area contributed by atoms with Crippen LogP contribution in [0.5, 0.6) is 0 Å². The monoisotopic (exact) mass is 259 g/mol. The van der Waals surface area contributed by atoms with Crippen LogP contribution in [0.1, 0.15) is 41.6 Å². The predicted molar refractivity (Wildman–Crippen MR) is 74.8 cm³/mol. The molecule has 1 saturated carbocycles. The molecule has 2 nitrogen and oxygen atoms in total. The second-order valence-corrected chi connectivity index (χ2v) is 5.81. The lowest BCUT2D eigenvalue weighted by Gasteiger charge is -2.07. The number of thioether (sulfide) groups is 1. The van der Waals surface area contributed by atoms with Gasteiger partial charge in [0.25, 0.3) is 0 Å². The molecule has 3 heteroatoms. The fourth-order valence-corrected chi connectivity index (χ4v) is 3.45. The molecular formula is C15H17NOS. The van der Waals surface area contributed by atoms with Gasteiger partial charge < -0.3 is 0 Å². The van der Waals surface area contributed by atoms with E-state index in [1.165, 1.54) is 25.7 Å². The zero-order chi connectivity index (χ0) is 12.8. The third-order valence-electron chi connectivity index (χ3n) is 3.40. The van der Waals surface area contributed by atoms with Crippen molar-refractivity contribution in [2.24, 2.45) is 5.92 Å². The van der Waals surface area contributed by atoms with E-state index >= 15 is 0 Å². The summed E-state index contributed by atoms with van der Waals surface area (Å²) in [4.78, 5) is 11.9. The van der Waals surface area contributed by atoms with Crippen LogP contribution in [0.15, 0.2) is 24.3 Å². The summed E-state index contributed by atoms with van der Waals surface area (Å²) in [5.74, 6) is 2.66. The number of ketones is 1. The van der Waals surface area contributed by atoms with E-state index < -0.39 is 0 Å². The first-order valence-electron chi connectivity index (χ1n) is 6.40. The molecule has 1 fully saturated rings. The van der Waals surface area contributed by atoms with Gasteiger partial charge in [-0.15, -0.1) is 0 Å². The van der Waals surface area contributed by atoms with Gasteiger partial charge in [-0.1, -0.05) is 25.0 Å². The maximum absolute atomic E-state index is 11.9. The Bertz CT molecular complexity index is 441. The summed E-state index contributed by atoms with van der Waals surface area (Å²) in [5.41, 5.74) is 1.32. The van der Waals surface area contributed by atoms with Gasteiger partial charge in [0.1, 0.15) is 0 Å². The third-order valence-corrected chi connectivity index (χ3v) is 4.57. The molecule has 0 saturated heterocycles. The molecule has 94 valence electrons. The molecule has 0 unspecified atom stereocenters. The van der Waals surface area contributed by atoms with Crippen molar-refractivity contribution in [1.29, 1.82) is 5.26 Å². The van der Waals surface area contributed by atoms with Crippen molar-refractivity contribution in [2.75, 3.05) is 11.5 Å². The molecule has 0 N–H and O–H groups in total. The number of hydrogen-bond acceptors (Lipinski definition) is 3. The molecule has 0 atom stereocenters. The first kappa shape index (κ1) is 13.2. The van der Waals surface area contributed by atoms with Crippen molar-refractivity contribution in [2.45, 2.75) is 25.7 Å². The molecule has 0 aliphatic heterocycles. The van der Waals surface area contributed by atoms with Crippen molar-refractivity contribution >= 4 is 17.5 Å². The largest absolute Gasteiger partial charge is 0.293 e. The van der Waals surface area contributed by atoms with Gasteiger partial charge in [0.15, 0.2) is 5.78 Å². The molecule has 0 radical (unpaired) electrons. The molecule has 1 aliphatic rings.